The summed E-state index contributed by atoms with van der Waals surface area (Å²) in [6.45, 7) is 0. The largest absolute Gasteiger partial charge is 0.481 e. The third kappa shape index (κ3) is 3.03. The molecule has 0 bridgehead atoms. The zero-order valence-electron chi connectivity index (χ0n) is 10.1. The molecule has 4 unspecified atom stereocenters. The van der Waals surface area contributed by atoms with Crippen molar-refractivity contribution < 1.29 is 39.8 Å². The molecule has 0 aromatic carbocycles. The summed E-state index contributed by atoms with van der Waals surface area (Å²) < 4.78 is 0. The van der Waals surface area contributed by atoms with Crippen molar-refractivity contribution in [3.8, 4) is 0 Å². The zero-order chi connectivity index (χ0) is 15.4. The van der Waals surface area contributed by atoms with E-state index in [0.29, 0.717) is 0 Å². The van der Waals surface area contributed by atoms with Crippen LogP contribution in [0.5, 0.6) is 0 Å². The van der Waals surface area contributed by atoms with Crippen molar-refractivity contribution in [1.29, 1.82) is 0 Å². The molecular weight excluding hydrogens is 276 g/mol. The molecule has 0 aromatic rings. The fourth-order valence-corrected chi connectivity index (χ4v) is 2.50. The lowest BCUT2D eigenvalue weighted by Gasteiger charge is -2.35. The SMILES string of the molecule is O=C(O)C1CC(C(=O)NO)C(C(=O)NO)CC1C(=O)O. The molecule has 2 amide bonds. The van der Waals surface area contributed by atoms with Crippen LogP contribution in [0.2, 0.25) is 0 Å². The van der Waals surface area contributed by atoms with Crippen molar-refractivity contribution in [3.05, 3.63) is 0 Å². The van der Waals surface area contributed by atoms with Crippen LogP contribution in [0.1, 0.15) is 12.8 Å². The molecule has 0 saturated heterocycles. The summed E-state index contributed by atoms with van der Waals surface area (Å²) in [6, 6.07) is 0. The van der Waals surface area contributed by atoms with Crippen LogP contribution in [0, 0.1) is 23.7 Å². The van der Waals surface area contributed by atoms with Gasteiger partial charge in [0.25, 0.3) is 0 Å². The number of carboxylic acids is 2. The molecule has 6 N–H and O–H groups in total. The van der Waals surface area contributed by atoms with Crippen LogP contribution >= 0.6 is 0 Å². The predicted octanol–water partition coefficient (Wildman–Crippen LogP) is -1.57. The molecule has 20 heavy (non-hydrogen) atoms. The minimum absolute atomic E-state index is 0.434. The van der Waals surface area contributed by atoms with Gasteiger partial charge in [0, 0.05) is 0 Å². The lowest BCUT2D eigenvalue weighted by atomic mass is 9.67. The van der Waals surface area contributed by atoms with Crippen LogP contribution in [0.15, 0.2) is 0 Å². The van der Waals surface area contributed by atoms with Gasteiger partial charge in [-0.2, -0.15) is 0 Å². The van der Waals surface area contributed by atoms with Crippen LogP contribution in [0.25, 0.3) is 0 Å². The Bertz CT molecular complexity index is 397. The van der Waals surface area contributed by atoms with Gasteiger partial charge in [-0.05, 0) is 12.8 Å². The summed E-state index contributed by atoms with van der Waals surface area (Å²) >= 11 is 0. The Morgan fingerprint density at radius 2 is 1.00 bits per heavy atom. The van der Waals surface area contributed by atoms with Crippen molar-refractivity contribution in [2.75, 3.05) is 0 Å². The molecule has 1 fully saturated rings. The Morgan fingerprint density at radius 1 is 0.700 bits per heavy atom. The van der Waals surface area contributed by atoms with E-state index in [1.807, 2.05) is 0 Å². The van der Waals surface area contributed by atoms with Gasteiger partial charge < -0.3 is 10.2 Å². The monoisotopic (exact) mass is 290 g/mol. The summed E-state index contributed by atoms with van der Waals surface area (Å²) in [7, 11) is 0. The number of aliphatic carboxylic acids is 2. The normalized spacial score (nSPS) is 29.3. The number of carboxylic acid groups (broad SMARTS) is 2. The number of amides is 2. The number of hydrogen-bond acceptors (Lipinski definition) is 6. The first-order valence-corrected chi connectivity index (χ1v) is 5.67. The Kier molecular flexibility index (Phi) is 5.00. The van der Waals surface area contributed by atoms with E-state index in [1.54, 1.807) is 0 Å². The molecular formula is C10H14N2O8. The molecule has 0 heterocycles. The van der Waals surface area contributed by atoms with Crippen molar-refractivity contribution in [2.45, 2.75) is 12.8 Å². The third-order valence-corrected chi connectivity index (χ3v) is 3.52. The number of hydroxylamine groups is 2. The zero-order valence-corrected chi connectivity index (χ0v) is 10.1. The summed E-state index contributed by atoms with van der Waals surface area (Å²) in [6.07, 6.45) is -0.867. The highest BCUT2D eigenvalue weighted by atomic mass is 16.5. The summed E-state index contributed by atoms with van der Waals surface area (Å²) in [5.41, 5.74) is 2.61. The van der Waals surface area contributed by atoms with Crippen LogP contribution in [0.3, 0.4) is 0 Å². The molecule has 1 rings (SSSR count). The van der Waals surface area contributed by atoms with Crippen molar-refractivity contribution in [1.82, 2.24) is 11.0 Å². The average Bonchev–Trinajstić information content (AvgIpc) is 2.43. The van der Waals surface area contributed by atoms with Crippen molar-refractivity contribution in [3.63, 3.8) is 0 Å². The van der Waals surface area contributed by atoms with Gasteiger partial charge in [-0.25, -0.2) is 11.0 Å². The van der Waals surface area contributed by atoms with E-state index in [9.17, 15) is 19.2 Å². The maximum atomic E-state index is 11.5. The number of carbonyl (C=O) groups is 4. The van der Waals surface area contributed by atoms with Crippen LogP contribution in [-0.4, -0.2) is 44.4 Å². The Labute approximate surface area is 112 Å². The predicted molar refractivity (Wildman–Crippen MR) is 58.3 cm³/mol. The average molecular weight is 290 g/mol. The van der Waals surface area contributed by atoms with Gasteiger partial charge in [-0.1, -0.05) is 0 Å². The van der Waals surface area contributed by atoms with Crippen LogP contribution in [-0.2, 0) is 19.2 Å². The molecule has 112 valence electrons. The molecule has 10 heteroatoms. The summed E-state index contributed by atoms with van der Waals surface area (Å²) in [5, 5.41) is 35.2. The van der Waals surface area contributed by atoms with Gasteiger partial charge in [0.15, 0.2) is 0 Å². The molecule has 0 spiro atoms. The van der Waals surface area contributed by atoms with Gasteiger partial charge in [0.05, 0.1) is 23.7 Å². The minimum Gasteiger partial charge on any atom is -0.481 e. The highest BCUT2D eigenvalue weighted by Crippen LogP contribution is 2.38. The first-order chi connectivity index (χ1) is 9.33. The Balaban J connectivity index is 3.10. The second-order valence-corrected chi connectivity index (χ2v) is 4.53. The van der Waals surface area contributed by atoms with E-state index < -0.39 is 60.3 Å². The lowest BCUT2D eigenvalue weighted by Crippen LogP contribution is -2.49. The first-order valence-electron chi connectivity index (χ1n) is 5.67. The van der Waals surface area contributed by atoms with Gasteiger partial charge in [0.2, 0.25) is 11.8 Å². The summed E-state index contributed by atoms with van der Waals surface area (Å²) in [4.78, 5) is 45.1. The molecule has 4 atom stereocenters. The molecule has 1 aliphatic rings. The second-order valence-electron chi connectivity index (χ2n) is 4.53. The number of hydrogen-bond donors (Lipinski definition) is 6. The fourth-order valence-electron chi connectivity index (χ4n) is 2.50. The van der Waals surface area contributed by atoms with E-state index in [0.717, 1.165) is 0 Å². The molecule has 0 radical (unpaired) electrons. The quantitative estimate of drug-likeness (QED) is 0.266. The maximum absolute atomic E-state index is 11.5. The van der Waals surface area contributed by atoms with Gasteiger partial charge in [0.1, 0.15) is 0 Å². The highest BCUT2D eigenvalue weighted by molar-refractivity contribution is 5.89. The minimum atomic E-state index is -1.41. The topological polar surface area (TPSA) is 173 Å². The molecule has 10 nitrogen and oxygen atoms in total. The molecule has 0 aromatic heterocycles. The van der Waals surface area contributed by atoms with E-state index in [4.69, 9.17) is 20.6 Å². The standard InChI is InChI=1S/C10H14N2O8/c13-7(11-19)3-1-5(9(15)16)6(10(17)18)2-4(3)8(14)12-20/h3-6,19-20H,1-2H2,(H,11,13)(H,12,14)(H,15,16)(H,17,18). The number of rotatable bonds is 4. The Morgan fingerprint density at radius 3 is 1.20 bits per heavy atom. The van der Waals surface area contributed by atoms with E-state index >= 15 is 0 Å². The van der Waals surface area contributed by atoms with Crippen molar-refractivity contribution >= 4 is 23.8 Å². The highest BCUT2D eigenvalue weighted by Gasteiger charge is 2.48. The maximum Gasteiger partial charge on any atom is 0.307 e. The van der Waals surface area contributed by atoms with Gasteiger partial charge in [-0.15, -0.1) is 0 Å². The number of carbonyl (C=O) groups excluding carboxylic acids is 2. The summed E-state index contributed by atoms with van der Waals surface area (Å²) in [5.74, 6) is -10.0. The van der Waals surface area contributed by atoms with E-state index in [1.165, 1.54) is 11.0 Å². The smallest absolute Gasteiger partial charge is 0.307 e. The van der Waals surface area contributed by atoms with E-state index in [-0.39, 0.29) is 0 Å². The lowest BCUT2D eigenvalue weighted by molar-refractivity contribution is -0.163. The number of nitrogens with one attached hydrogen (secondary N) is 2. The van der Waals surface area contributed by atoms with E-state index in [2.05, 4.69) is 0 Å². The van der Waals surface area contributed by atoms with Crippen LogP contribution in [0.4, 0.5) is 0 Å². The van der Waals surface area contributed by atoms with Gasteiger partial charge in [-0.3, -0.25) is 29.6 Å². The van der Waals surface area contributed by atoms with Gasteiger partial charge >= 0.3 is 11.9 Å². The van der Waals surface area contributed by atoms with Crippen molar-refractivity contribution in [2.24, 2.45) is 23.7 Å². The molecule has 0 aliphatic heterocycles. The first kappa shape index (κ1) is 15.9. The third-order valence-electron chi connectivity index (χ3n) is 3.52. The second kappa shape index (κ2) is 6.30. The Hall–Kier alpha value is -2.20. The van der Waals surface area contributed by atoms with Crippen LogP contribution < -0.4 is 11.0 Å². The molecule has 1 saturated carbocycles. The fraction of sp³-hybridized carbons (Fsp3) is 0.600. The molecule has 1 aliphatic carbocycles.